The molecule has 0 saturated carbocycles. The van der Waals surface area contributed by atoms with Gasteiger partial charge in [-0.05, 0) is 37.1 Å². The van der Waals surface area contributed by atoms with Crippen molar-refractivity contribution in [2.24, 2.45) is 5.92 Å². The Balaban J connectivity index is 1.24. The zero-order chi connectivity index (χ0) is 20.5. The van der Waals surface area contributed by atoms with Crippen molar-refractivity contribution in [2.45, 2.75) is 12.8 Å². The summed E-state index contributed by atoms with van der Waals surface area (Å²) < 4.78 is 2.00. The van der Waals surface area contributed by atoms with Crippen LogP contribution in [-0.2, 0) is 4.79 Å². The molecule has 30 heavy (non-hydrogen) atoms. The maximum atomic E-state index is 13.3. The van der Waals surface area contributed by atoms with E-state index in [0.29, 0.717) is 6.54 Å². The number of aromatic nitrogens is 3. The van der Waals surface area contributed by atoms with E-state index in [0.717, 1.165) is 67.9 Å². The van der Waals surface area contributed by atoms with E-state index in [9.17, 15) is 4.79 Å². The van der Waals surface area contributed by atoms with Crippen molar-refractivity contribution >= 4 is 34.8 Å². The fraction of sp³-hybridized carbons (Fsp3) is 0.409. The maximum Gasteiger partial charge on any atom is 0.231 e. The minimum Gasteiger partial charge on any atom is -0.367 e. The van der Waals surface area contributed by atoms with Crippen LogP contribution < -0.4 is 9.80 Å². The molecule has 156 valence electrons. The fourth-order valence-electron chi connectivity index (χ4n) is 4.54. The van der Waals surface area contributed by atoms with Gasteiger partial charge < -0.3 is 14.7 Å². The van der Waals surface area contributed by atoms with Crippen LogP contribution in [0.1, 0.15) is 12.8 Å². The summed E-state index contributed by atoms with van der Waals surface area (Å²) in [7, 11) is 0. The standard InChI is InChI=1S/C22H25ClN6O/c23-18-7-1-2-8-19(18)26-12-14-27(15-13-26)21(30)17-6-5-10-28(16-17)22-25-24-20-9-3-4-11-29(20)22/h1-4,7-9,11,17H,5-6,10,12-16H2. The van der Waals surface area contributed by atoms with Gasteiger partial charge in [0.15, 0.2) is 5.65 Å². The Kier molecular flexibility index (Phi) is 5.21. The number of para-hydroxylation sites is 1. The second kappa shape index (κ2) is 8.14. The summed E-state index contributed by atoms with van der Waals surface area (Å²) in [6, 6.07) is 13.8. The molecule has 2 aliphatic heterocycles. The van der Waals surface area contributed by atoms with E-state index in [2.05, 4.69) is 20.0 Å². The molecular weight excluding hydrogens is 400 g/mol. The molecule has 2 aliphatic rings. The number of benzene rings is 1. The van der Waals surface area contributed by atoms with E-state index in [1.54, 1.807) is 0 Å². The van der Waals surface area contributed by atoms with E-state index in [1.165, 1.54) is 0 Å². The van der Waals surface area contributed by atoms with E-state index >= 15 is 0 Å². The Morgan fingerprint density at radius 1 is 0.933 bits per heavy atom. The van der Waals surface area contributed by atoms with E-state index in [1.807, 2.05) is 58.0 Å². The van der Waals surface area contributed by atoms with Crippen LogP contribution in [0.5, 0.6) is 0 Å². The first-order valence-electron chi connectivity index (χ1n) is 10.5. The smallest absolute Gasteiger partial charge is 0.231 e. The first kappa shape index (κ1) is 19.2. The molecule has 0 aliphatic carbocycles. The second-order valence-electron chi connectivity index (χ2n) is 7.98. The van der Waals surface area contributed by atoms with Crippen molar-refractivity contribution in [3.05, 3.63) is 53.7 Å². The lowest BCUT2D eigenvalue weighted by molar-refractivity contribution is -0.136. The topological polar surface area (TPSA) is 57.0 Å². The molecule has 2 aromatic heterocycles. The van der Waals surface area contributed by atoms with Crippen molar-refractivity contribution in [3.8, 4) is 0 Å². The van der Waals surface area contributed by atoms with Gasteiger partial charge in [0.05, 0.1) is 16.6 Å². The minimum atomic E-state index is 0.00155. The quantitative estimate of drug-likeness (QED) is 0.647. The molecule has 0 spiro atoms. The fourth-order valence-corrected chi connectivity index (χ4v) is 4.79. The van der Waals surface area contributed by atoms with Crippen LogP contribution in [0.15, 0.2) is 48.7 Å². The number of carbonyl (C=O) groups is 1. The van der Waals surface area contributed by atoms with Crippen molar-refractivity contribution in [1.29, 1.82) is 0 Å². The van der Waals surface area contributed by atoms with Gasteiger partial charge in [0.25, 0.3) is 0 Å². The number of halogens is 1. The molecule has 2 fully saturated rings. The van der Waals surface area contributed by atoms with Gasteiger partial charge in [-0.1, -0.05) is 29.8 Å². The third-order valence-electron chi connectivity index (χ3n) is 6.13. The Morgan fingerprint density at radius 2 is 1.73 bits per heavy atom. The van der Waals surface area contributed by atoms with Crippen LogP contribution in [0.25, 0.3) is 5.65 Å². The predicted molar refractivity (Wildman–Crippen MR) is 118 cm³/mol. The maximum absolute atomic E-state index is 13.3. The van der Waals surface area contributed by atoms with Crippen LogP contribution in [0.3, 0.4) is 0 Å². The van der Waals surface area contributed by atoms with Crippen LogP contribution in [0, 0.1) is 5.92 Å². The summed E-state index contributed by atoms with van der Waals surface area (Å²) >= 11 is 6.34. The normalized spacial score (nSPS) is 20.0. The summed E-state index contributed by atoms with van der Waals surface area (Å²) in [5.41, 5.74) is 1.88. The van der Waals surface area contributed by atoms with Crippen LogP contribution in [-0.4, -0.2) is 64.7 Å². The molecule has 4 heterocycles. The molecule has 1 amide bonds. The highest BCUT2D eigenvalue weighted by molar-refractivity contribution is 6.33. The van der Waals surface area contributed by atoms with E-state index < -0.39 is 0 Å². The Morgan fingerprint density at radius 3 is 2.57 bits per heavy atom. The molecule has 5 rings (SSSR count). The highest BCUT2D eigenvalue weighted by atomic mass is 35.5. The molecule has 0 N–H and O–H groups in total. The second-order valence-corrected chi connectivity index (χ2v) is 8.38. The van der Waals surface area contributed by atoms with Gasteiger partial charge in [0, 0.05) is 45.5 Å². The molecule has 1 aromatic carbocycles. The summed E-state index contributed by atoms with van der Waals surface area (Å²) in [5.74, 6) is 1.08. The van der Waals surface area contributed by atoms with Crippen molar-refractivity contribution in [2.75, 3.05) is 49.1 Å². The van der Waals surface area contributed by atoms with Gasteiger partial charge in [-0.3, -0.25) is 9.20 Å². The first-order chi connectivity index (χ1) is 14.7. The Hall–Kier alpha value is -2.80. The zero-order valence-corrected chi connectivity index (χ0v) is 17.6. The van der Waals surface area contributed by atoms with Crippen LogP contribution in [0.2, 0.25) is 5.02 Å². The lowest BCUT2D eigenvalue weighted by Gasteiger charge is -2.40. The molecule has 7 nitrogen and oxygen atoms in total. The van der Waals surface area contributed by atoms with Gasteiger partial charge in [-0.15, -0.1) is 10.2 Å². The van der Waals surface area contributed by atoms with Gasteiger partial charge in [0.2, 0.25) is 11.9 Å². The predicted octanol–water partition coefficient (Wildman–Crippen LogP) is 2.95. The molecular formula is C22H25ClN6O. The lowest BCUT2D eigenvalue weighted by Crippen LogP contribution is -2.52. The van der Waals surface area contributed by atoms with Gasteiger partial charge in [-0.25, -0.2) is 0 Å². The number of carbonyl (C=O) groups excluding carboxylic acids is 1. The number of piperidine rings is 1. The molecule has 3 aromatic rings. The third-order valence-corrected chi connectivity index (χ3v) is 6.45. The van der Waals surface area contributed by atoms with Gasteiger partial charge >= 0.3 is 0 Å². The highest BCUT2D eigenvalue weighted by Crippen LogP contribution is 2.28. The number of hydrogen-bond acceptors (Lipinski definition) is 5. The monoisotopic (exact) mass is 424 g/mol. The minimum absolute atomic E-state index is 0.00155. The molecule has 2 saturated heterocycles. The lowest BCUT2D eigenvalue weighted by atomic mass is 9.96. The SMILES string of the molecule is O=C(C1CCCN(c2nnc3ccccn23)C1)N1CCN(c2ccccc2Cl)CC1. The van der Waals surface area contributed by atoms with Crippen molar-refractivity contribution in [3.63, 3.8) is 0 Å². The van der Waals surface area contributed by atoms with Crippen LogP contribution in [0.4, 0.5) is 11.6 Å². The van der Waals surface area contributed by atoms with E-state index in [-0.39, 0.29) is 11.8 Å². The molecule has 1 atom stereocenters. The summed E-state index contributed by atoms with van der Waals surface area (Å²) in [6.07, 6.45) is 3.89. The largest absolute Gasteiger partial charge is 0.367 e. The third kappa shape index (κ3) is 3.58. The Bertz CT molecular complexity index is 1040. The summed E-state index contributed by atoms with van der Waals surface area (Å²) in [6.45, 7) is 4.67. The molecule has 0 bridgehead atoms. The Labute approximate surface area is 180 Å². The number of amides is 1. The van der Waals surface area contributed by atoms with Crippen molar-refractivity contribution < 1.29 is 4.79 Å². The van der Waals surface area contributed by atoms with Gasteiger partial charge in [-0.2, -0.15) is 0 Å². The number of rotatable bonds is 3. The number of hydrogen-bond donors (Lipinski definition) is 0. The average molecular weight is 425 g/mol. The summed E-state index contributed by atoms with van der Waals surface area (Å²) in [5, 5.41) is 9.39. The zero-order valence-electron chi connectivity index (χ0n) is 16.8. The van der Waals surface area contributed by atoms with Gasteiger partial charge in [0.1, 0.15) is 0 Å². The number of pyridine rings is 1. The highest BCUT2D eigenvalue weighted by Gasteiger charge is 2.32. The number of fused-ring (bicyclic) bond motifs is 1. The summed E-state index contributed by atoms with van der Waals surface area (Å²) in [4.78, 5) is 19.7. The molecule has 8 heteroatoms. The van der Waals surface area contributed by atoms with E-state index in [4.69, 9.17) is 11.6 Å². The number of anilines is 2. The average Bonchev–Trinajstić information content (AvgIpc) is 3.23. The first-order valence-corrected chi connectivity index (χ1v) is 10.9. The molecule has 1 unspecified atom stereocenters. The number of piperazine rings is 1. The van der Waals surface area contributed by atoms with Crippen molar-refractivity contribution in [1.82, 2.24) is 19.5 Å². The number of nitrogens with zero attached hydrogens (tertiary/aromatic N) is 6. The van der Waals surface area contributed by atoms with Crippen LogP contribution >= 0.6 is 11.6 Å². The molecule has 0 radical (unpaired) electrons.